The minimum atomic E-state index is 0.318. The predicted octanol–water partition coefficient (Wildman–Crippen LogP) is 2.10. The van der Waals surface area contributed by atoms with Crippen molar-refractivity contribution < 1.29 is 9.53 Å². The predicted molar refractivity (Wildman–Crippen MR) is 63.1 cm³/mol. The molecular weight excluding hydrogens is 190 g/mol. The Morgan fingerprint density at radius 2 is 1.87 bits per heavy atom. The van der Waals surface area contributed by atoms with Crippen molar-refractivity contribution >= 4 is 5.78 Å². The van der Waals surface area contributed by atoms with Gasteiger partial charge in [0, 0.05) is 26.1 Å². The van der Waals surface area contributed by atoms with Crippen molar-refractivity contribution in [2.45, 2.75) is 46.1 Å². The third-order valence-electron chi connectivity index (χ3n) is 2.82. The van der Waals surface area contributed by atoms with Gasteiger partial charge in [0.05, 0.1) is 13.2 Å². The second-order valence-corrected chi connectivity index (χ2v) is 3.83. The van der Waals surface area contributed by atoms with Crippen LogP contribution in [0.3, 0.4) is 0 Å². The van der Waals surface area contributed by atoms with E-state index in [1.54, 1.807) is 7.11 Å². The highest BCUT2D eigenvalue weighted by Crippen LogP contribution is 2.08. The van der Waals surface area contributed by atoms with Crippen molar-refractivity contribution in [2.75, 3.05) is 26.8 Å². The van der Waals surface area contributed by atoms with Crippen LogP contribution in [-0.2, 0) is 9.53 Å². The summed E-state index contributed by atoms with van der Waals surface area (Å²) in [6.07, 6.45) is 2.82. The number of ketones is 1. The smallest absolute Gasteiger partial charge is 0.146 e. The van der Waals surface area contributed by atoms with E-state index in [0.717, 1.165) is 19.4 Å². The second-order valence-electron chi connectivity index (χ2n) is 3.83. The molecule has 0 fully saturated rings. The lowest BCUT2D eigenvalue weighted by molar-refractivity contribution is -0.120. The Kier molecular flexibility index (Phi) is 8.62. The van der Waals surface area contributed by atoms with Crippen molar-refractivity contribution in [2.24, 2.45) is 0 Å². The third kappa shape index (κ3) is 5.90. The van der Waals surface area contributed by atoms with E-state index >= 15 is 0 Å². The first-order chi connectivity index (χ1) is 7.19. The number of hydrogen-bond donors (Lipinski definition) is 0. The van der Waals surface area contributed by atoms with Gasteiger partial charge in [-0.05, 0) is 12.8 Å². The number of rotatable bonds is 9. The van der Waals surface area contributed by atoms with Gasteiger partial charge in [-0.1, -0.05) is 20.8 Å². The van der Waals surface area contributed by atoms with Crippen LogP contribution < -0.4 is 0 Å². The lowest BCUT2D eigenvalue weighted by Crippen LogP contribution is -2.40. The first-order valence-corrected chi connectivity index (χ1v) is 5.94. The van der Waals surface area contributed by atoms with Gasteiger partial charge in [0.25, 0.3) is 0 Å². The Balaban J connectivity index is 4.20. The summed E-state index contributed by atoms with van der Waals surface area (Å²) in [5.41, 5.74) is 0. The molecule has 0 heterocycles. The van der Waals surface area contributed by atoms with Gasteiger partial charge in [-0.25, -0.2) is 0 Å². The van der Waals surface area contributed by atoms with E-state index in [9.17, 15) is 4.79 Å². The molecule has 90 valence electrons. The quantitative estimate of drug-likeness (QED) is 0.590. The molecule has 0 aromatic carbocycles. The summed E-state index contributed by atoms with van der Waals surface area (Å²) in [5.74, 6) is 0.318. The van der Waals surface area contributed by atoms with Gasteiger partial charge in [0.15, 0.2) is 0 Å². The molecule has 0 aromatic heterocycles. The topological polar surface area (TPSA) is 29.5 Å². The van der Waals surface area contributed by atoms with Gasteiger partial charge in [-0.15, -0.1) is 0 Å². The summed E-state index contributed by atoms with van der Waals surface area (Å²) in [4.78, 5) is 13.7. The van der Waals surface area contributed by atoms with Crippen LogP contribution in [-0.4, -0.2) is 43.5 Å². The van der Waals surface area contributed by atoms with Crippen molar-refractivity contribution in [3.8, 4) is 0 Å². The normalized spacial score (nSPS) is 11.3. The number of Topliss-reactive ketones (excluding diaryl/α,β-unsaturated/α-hetero) is 1. The standard InChI is InChI=1S/C12H25NO2/c1-5-11(6-2)13(8-9-15-4)10-12(14)7-3/h11H,5-10H2,1-4H3. The highest BCUT2D eigenvalue weighted by atomic mass is 16.5. The minimum absolute atomic E-state index is 0.318. The second kappa shape index (κ2) is 8.86. The average Bonchev–Trinajstić information content (AvgIpc) is 2.26. The zero-order valence-corrected chi connectivity index (χ0v) is 10.6. The van der Waals surface area contributed by atoms with E-state index in [0.29, 0.717) is 31.4 Å². The molecule has 0 bridgehead atoms. The van der Waals surface area contributed by atoms with Gasteiger partial charge in [-0.2, -0.15) is 0 Å². The molecule has 0 saturated carbocycles. The minimum Gasteiger partial charge on any atom is -0.383 e. The fraction of sp³-hybridized carbons (Fsp3) is 0.917. The highest BCUT2D eigenvalue weighted by Gasteiger charge is 2.16. The van der Waals surface area contributed by atoms with Crippen LogP contribution in [0.25, 0.3) is 0 Å². The SMILES string of the molecule is CCC(=O)CN(CCOC)C(CC)CC. The molecule has 3 nitrogen and oxygen atoms in total. The molecule has 0 unspecified atom stereocenters. The summed E-state index contributed by atoms with van der Waals surface area (Å²) in [7, 11) is 1.70. The monoisotopic (exact) mass is 215 g/mol. The molecule has 0 amide bonds. The van der Waals surface area contributed by atoms with Crippen molar-refractivity contribution in [1.82, 2.24) is 4.90 Å². The maximum atomic E-state index is 11.4. The summed E-state index contributed by atoms with van der Waals surface area (Å²) in [5, 5.41) is 0. The van der Waals surface area contributed by atoms with E-state index in [-0.39, 0.29) is 0 Å². The molecule has 0 aliphatic rings. The number of carbonyl (C=O) groups is 1. The van der Waals surface area contributed by atoms with Gasteiger partial charge in [0.1, 0.15) is 5.78 Å². The van der Waals surface area contributed by atoms with Gasteiger partial charge in [0.2, 0.25) is 0 Å². The molecule has 0 rings (SSSR count). The zero-order valence-electron chi connectivity index (χ0n) is 10.6. The van der Waals surface area contributed by atoms with Gasteiger partial charge in [-0.3, -0.25) is 9.69 Å². The lowest BCUT2D eigenvalue weighted by atomic mass is 10.1. The molecule has 0 radical (unpaired) electrons. The van der Waals surface area contributed by atoms with E-state index in [1.807, 2.05) is 6.92 Å². The molecule has 0 atom stereocenters. The Hall–Kier alpha value is -0.410. The van der Waals surface area contributed by atoms with Crippen LogP contribution >= 0.6 is 0 Å². The van der Waals surface area contributed by atoms with Crippen LogP contribution in [0.4, 0.5) is 0 Å². The van der Waals surface area contributed by atoms with Crippen LogP contribution in [0.15, 0.2) is 0 Å². The molecule has 3 heteroatoms. The molecular formula is C12H25NO2. The number of hydrogen-bond acceptors (Lipinski definition) is 3. The summed E-state index contributed by atoms with van der Waals surface area (Å²) < 4.78 is 5.07. The van der Waals surface area contributed by atoms with Crippen LogP contribution in [0.5, 0.6) is 0 Å². The van der Waals surface area contributed by atoms with E-state index < -0.39 is 0 Å². The van der Waals surface area contributed by atoms with E-state index in [1.165, 1.54) is 0 Å². The van der Waals surface area contributed by atoms with Gasteiger partial charge < -0.3 is 4.74 Å². The molecule has 15 heavy (non-hydrogen) atoms. The fourth-order valence-corrected chi connectivity index (χ4v) is 1.74. The molecule has 0 aliphatic carbocycles. The zero-order chi connectivity index (χ0) is 11.7. The third-order valence-corrected chi connectivity index (χ3v) is 2.82. The van der Waals surface area contributed by atoms with Gasteiger partial charge >= 0.3 is 0 Å². The maximum absolute atomic E-state index is 11.4. The first kappa shape index (κ1) is 14.6. The summed E-state index contributed by atoms with van der Waals surface area (Å²) in [6.45, 7) is 8.40. The molecule has 0 N–H and O–H groups in total. The molecule has 0 saturated heterocycles. The maximum Gasteiger partial charge on any atom is 0.146 e. The molecule has 0 aliphatic heterocycles. The largest absolute Gasteiger partial charge is 0.383 e. The average molecular weight is 215 g/mol. The number of nitrogens with zero attached hydrogens (tertiary/aromatic N) is 1. The highest BCUT2D eigenvalue weighted by molar-refractivity contribution is 5.80. The molecule has 0 spiro atoms. The summed E-state index contributed by atoms with van der Waals surface area (Å²) in [6, 6.07) is 0.510. The fourth-order valence-electron chi connectivity index (χ4n) is 1.74. The Morgan fingerprint density at radius 3 is 2.27 bits per heavy atom. The van der Waals surface area contributed by atoms with Crippen LogP contribution in [0.1, 0.15) is 40.0 Å². The number of ether oxygens (including phenoxy) is 1. The van der Waals surface area contributed by atoms with Crippen molar-refractivity contribution in [1.29, 1.82) is 0 Å². The van der Waals surface area contributed by atoms with Crippen LogP contribution in [0.2, 0.25) is 0 Å². The summed E-state index contributed by atoms with van der Waals surface area (Å²) >= 11 is 0. The first-order valence-electron chi connectivity index (χ1n) is 5.94. The van der Waals surface area contributed by atoms with Crippen molar-refractivity contribution in [3.05, 3.63) is 0 Å². The Bertz CT molecular complexity index is 167. The van der Waals surface area contributed by atoms with Crippen molar-refractivity contribution in [3.63, 3.8) is 0 Å². The Morgan fingerprint density at radius 1 is 1.27 bits per heavy atom. The molecule has 0 aromatic rings. The Labute approximate surface area is 93.8 Å². The van der Waals surface area contributed by atoms with E-state index in [4.69, 9.17) is 4.74 Å². The lowest BCUT2D eigenvalue weighted by Gasteiger charge is -2.29. The van der Waals surface area contributed by atoms with Crippen LogP contribution in [0, 0.1) is 0 Å². The number of carbonyl (C=O) groups excluding carboxylic acids is 1. The number of methoxy groups -OCH3 is 1. The van der Waals surface area contributed by atoms with E-state index in [2.05, 4.69) is 18.7 Å².